The lowest BCUT2D eigenvalue weighted by molar-refractivity contribution is -0.119. The van der Waals surface area contributed by atoms with Crippen LogP contribution in [-0.4, -0.2) is 40.7 Å². The highest BCUT2D eigenvalue weighted by Gasteiger charge is 2.32. The average Bonchev–Trinajstić information content (AvgIpc) is 3.32. The Bertz CT molecular complexity index is 1080. The molecular formula is C24H27FN4O3. The highest BCUT2D eigenvalue weighted by Crippen LogP contribution is 2.29. The quantitative estimate of drug-likeness (QED) is 0.668. The van der Waals surface area contributed by atoms with E-state index in [1.54, 1.807) is 18.3 Å². The van der Waals surface area contributed by atoms with E-state index in [0.717, 1.165) is 17.0 Å². The molecule has 0 saturated carbocycles. The topological polar surface area (TPSA) is 76.5 Å². The monoisotopic (exact) mass is 438 g/mol. The smallest absolute Gasteiger partial charge is 0.414 e. The van der Waals surface area contributed by atoms with Crippen LogP contribution in [0.4, 0.5) is 14.9 Å². The van der Waals surface area contributed by atoms with E-state index >= 15 is 0 Å². The standard InChI is InChI=1S/C19H19FN2O3.C5H8N2/c1-12-3-5-14(6-4-12)17-8-7-15(9-18(17)20)22-11-16(25-19(22)24)10-21-13(2)23;1-5-6-3-4-7(5)2/h3-9,16H,10-11H2,1-2H3,(H,21,23);3-4H,1-2H3/t16-;/m0./s1. The molecule has 1 saturated heterocycles. The summed E-state index contributed by atoms with van der Waals surface area (Å²) >= 11 is 0. The Hall–Kier alpha value is -3.68. The first-order valence-electron chi connectivity index (χ1n) is 10.3. The van der Waals surface area contributed by atoms with Gasteiger partial charge in [0.2, 0.25) is 5.91 Å². The van der Waals surface area contributed by atoms with Gasteiger partial charge < -0.3 is 14.6 Å². The predicted molar refractivity (Wildman–Crippen MR) is 121 cm³/mol. The van der Waals surface area contributed by atoms with Crippen molar-refractivity contribution in [2.45, 2.75) is 26.9 Å². The second-order valence-corrected chi connectivity index (χ2v) is 7.67. The number of halogens is 1. The molecule has 1 aromatic heterocycles. The number of amides is 2. The second-order valence-electron chi connectivity index (χ2n) is 7.67. The van der Waals surface area contributed by atoms with Crippen molar-refractivity contribution in [2.75, 3.05) is 18.0 Å². The molecule has 4 rings (SSSR count). The van der Waals surface area contributed by atoms with Gasteiger partial charge in [0.05, 0.1) is 18.8 Å². The highest BCUT2D eigenvalue weighted by molar-refractivity contribution is 5.90. The lowest BCUT2D eigenvalue weighted by Crippen LogP contribution is -2.33. The molecule has 8 heteroatoms. The Kier molecular flexibility index (Phi) is 7.25. The molecule has 0 bridgehead atoms. The van der Waals surface area contributed by atoms with E-state index < -0.39 is 18.0 Å². The normalized spacial score (nSPS) is 15.1. The molecule has 32 heavy (non-hydrogen) atoms. The van der Waals surface area contributed by atoms with Crippen molar-refractivity contribution >= 4 is 17.7 Å². The number of anilines is 1. The van der Waals surface area contributed by atoms with Crippen LogP contribution in [0.15, 0.2) is 54.9 Å². The van der Waals surface area contributed by atoms with Crippen molar-refractivity contribution in [3.05, 3.63) is 72.1 Å². The average molecular weight is 439 g/mol. The maximum Gasteiger partial charge on any atom is 0.414 e. The van der Waals surface area contributed by atoms with Crippen LogP contribution < -0.4 is 10.2 Å². The van der Waals surface area contributed by atoms with Crippen molar-refractivity contribution in [1.29, 1.82) is 0 Å². The molecule has 0 spiro atoms. The predicted octanol–water partition coefficient (Wildman–Crippen LogP) is 3.99. The number of aryl methyl sites for hydroxylation is 3. The molecule has 0 aliphatic carbocycles. The molecule has 1 fully saturated rings. The van der Waals surface area contributed by atoms with Gasteiger partial charge in [0.15, 0.2) is 0 Å². The van der Waals surface area contributed by atoms with Crippen molar-refractivity contribution in [3.63, 3.8) is 0 Å². The van der Waals surface area contributed by atoms with E-state index in [-0.39, 0.29) is 19.0 Å². The summed E-state index contributed by atoms with van der Waals surface area (Å²) in [7, 11) is 1.97. The largest absolute Gasteiger partial charge is 0.442 e. The molecule has 1 N–H and O–H groups in total. The number of rotatable bonds is 4. The Labute approximate surface area is 186 Å². The molecule has 7 nitrogen and oxygen atoms in total. The van der Waals surface area contributed by atoms with Crippen LogP contribution >= 0.6 is 0 Å². The third-order valence-electron chi connectivity index (χ3n) is 5.14. The number of aromatic nitrogens is 2. The Balaban J connectivity index is 0.000000352. The van der Waals surface area contributed by atoms with Gasteiger partial charge in [-0.05, 0) is 37.6 Å². The first-order chi connectivity index (χ1) is 15.2. The lowest BCUT2D eigenvalue weighted by Gasteiger charge is -2.14. The van der Waals surface area contributed by atoms with Crippen molar-refractivity contribution in [2.24, 2.45) is 7.05 Å². The van der Waals surface area contributed by atoms with Crippen LogP contribution in [0, 0.1) is 19.7 Å². The van der Waals surface area contributed by atoms with Gasteiger partial charge in [0.1, 0.15) is 17.7 Å². The fraction of sp³-hybridized carbons (Fsp3) is 0.292. The van der Waals surface area contributed by atoms with Gasteiger partial charge in [-0.3, -0.25) is 9.69 Å². The number of benzene rings is 2. The Morgan fingerprint density at radius 3 is 2.47 bits per heavy atom. The SMILES string of the molecule is CC(=O)NC[C@H]1CN(c2ccc(-c3ccc(C)cc3)c(F)c2)C(=O)O1.Cc1nccn1C. The molecule has 1 aliphatic heterocycles. The van der Waals surface area contributed by atoms with Gasteiger partial charge >= 0.3 is 6.09 Å². The van der Waals surface area contributed by atoms with Crippen molar-refractivity contribution in [1.82, 2.24) is 14.9 Å². The van der Waals surface area contributed by atoms with Crippen LogP contribution in [0.25, 0.3) is 11.1 Å². The van der Waals surface area contributed by atoms with E-state index in [1.807, 2.05) is 55.9 Å². The van der Waals surface area contributed by atoms with Crippen LogP contribution in [0.1, 0.15) is 18.3 Å². The summed E-state index contributed by atoms with van der Waals surface area (Å²) in [6, 6.07) is 12.3. The molecule has 3 aromatic rings. The van der Waals surface area contributed by atoms with Crippen molar-refractivity contribution in [3.8, 4) is 11.1 Å². The van der Waals surface area contributed by atoms with Crippen LogP contribution in [0.2, 0.25) is 0 Å². The first-order valence-corrected chi connectivity index (χ1v) is 10.3. The number of ether oxygens (including phenoxy) is 1. The highest BCUT2D eigenvalue weighted by atomic mass is 19.1. The number of hydrogen-bond acceptors (Lipinski definition) is 4. The minimum atomic E-state index is -0.544. The van der Waals surface area contributed by atoms with Crippen LogP contribution in [0.5, 0.6) is 0 Å². The number of hydrogen-bond donors (Lipinski definition) is 1. The molecule has 0 radical (unpaired) electrons. The van der Waals surface area contributed by atoms with Gasteiger partial charge in [-0.1, -0.05) is 29.8 Å². The van der Waals surface area contributed by atoms with Gasteiger partial charge in [-0.15, -0.1) is 0 Å². The number of carbonyl (C=O) groups is 2. The van der Waals surface area contributed by atoms with Gasteiger partial charge in [0.25, 0.3) is 0 Å². The number of nitrogens with zero attached hydrogens (tertiary/aromatic N) is 3. The Morgan fingerprint density at radius 1 is 1.22 bits per heavy atom. The zero-order chi connectivity index (χ0) is 23.3. The molecule has 0 unspecified atom stereocenters. The summed E-state index contributed by atoms with van der Waals surface area (Å²) in [6.45, 7) is 5.84. The molecular weight excluding hydrogens is 411 g/mol. The van der Waals surface area contributed by atoms with Crippen molar-refractivity contribution < 1.29 is 18.7 Å². The van der Waals surface area contributed by atoms with E-state index in [4.69, 9.17) is 4.74 Å². The summed E-state index contributed by atoms with van der Waals surface area (Å²) < 4.78 is 21.7. The first kappa shape index (κ1) is 23.0. The summed E-state index contributed by atoms with van der Waals surface area (Å²) in [5.74, 6) is 0.461. The van der Waals surface area contributed by atoms with E-state index in [0.29, 0.717) is 11.3 Å². The molecule has 1 aliphatic rings. The summed E-state index contributed by atoms with van der Waals surface area (Å²) in [5.41, 5.74) is 2.79. The number of cyclic esters (lactones) is 1. The molecule has 168 valence electrons. The fourth-order valence-corrected chi connectivity index (χ4v) is 3.18. The molecule has 2 heterocycles. The third-order valence-corrected chi connectivity index (χ3v) is 5.14. The molecule has 2 aromatic carbocycles. The number of imidazole rings is 1. The third kappa shape index (κ3) is 5.72. The molecule has 1 atom stereocenters. The summed E-state index contributed by atoms with van der Waals surface area (Å²) in [4.78, 5) is 28.3. The zero-order valence-electron chi connectivity index (χ0n) is 18.6. The van der Waals surface area contributed by atoms with Gasteiger partial charge in [-0.2, -0.15) is 0 Å². The zero-order valence-corrected chi connectivity index (χ0v) is 18.6. The number of carbonyl (C=O) groups excluding carboxylic acids is 2. The summed E-state index contributed by atoms with van der Waals surface area (Å²) in [6.07, 6.45) is 2.72. The number of nitrogens with one attached hydrogen (secondary N) is 1. The maximum absolute atomic E-state index is 14.5. The van der Waals surface area contributed by atoms with E-state index in [1.165, 1.54) is 17.9 Å². The van der Waals surface area contributed by atoms with Crippen LogP contribution in [0.3, 0.4) is 0 Å². The summed E-state index contributed by atoms with van der Waals surface area (Å²) in [5, 5.41) is 2.61. The van der Waals surface area contributed by atoms with Crippen LogP contribution in [-0.2, 0) is 16.6 Å². The second kappa shape index (κ2) is 10.1. The van der Waals surface area contributed by atoms with Gasteiger partial charge in [0, 0.05) is 31.9 Å². The van der Waals surface area contributed by atoms with E-state index in [9.17, 15) is 14.0 Å². The maximum atomic E-state index is 14.5. The Morgan fingerprint density at radius 2 is 1.94 bits per heavy atom. The van der Waals surface area contributed by atoms with E-state index in [2.05, 4.69) is 10.3 Å². The lowest BCUT2D eigenvalue weighted by atomic mass is 10.0. The minimum absolute atomic E-state index is 0.192. The minimum Gasteiger partial charge on any atom is -0.442 e. The molecule has 2 amide bonds. The fourth-order valence-electron chi connectivity index (χ4n) is 3.18. The van der Waals surface area contributed by atoms with Gasteiger partial charge in [-0.25, -0.2) is 14.2 Å².